The Balaban J connectivity index is 2.00. The lowest BCUT2D eigenvalue weighted by atomic mass is 10.1. The van der Waals surface area contributed by atoms with E-state index in [1.54, 1.807) is 0 Å². The largest absolute Gasteiger partial charge is 0.362 e. The molecular formula is C16H22N4. The van der Waals surface area contributed by atoms with Gasteiger partial charge in [0.05, 0.1) is 29.3 Å². The van der Waals surface area contributed by atoms with Gasteiger partial charge in [-0.15, -0.1) is 0 Å². The minimum absolute atomic E-state index is 0.371. The Hall–Kier alpha value is -1.81. The van der Waals surface area contributed by atoms with E-state index in [4.69, 9.17) is 5.73 Å². The summed E-state index contributed by atoms with van der Waals surface area (Å²) in [7, 11) is 0. The zero-order chi connectivity index (χ0) is 13.9. The molecule has 1 aliphatic rings. The molecule has 1 aromatic carbocycles. The molecule has 1 aromatic heterocycles. The molecule has 3 rings (SSSR count). The molecule has 2 aromatic rings. The molecule has 1 atom stereocenters. The van der Waals surface area contributed by atoms with Gasteiger partial charge in [-0.1, -0.05) is 25.1 Å². The number of rotatable bonds is 5. The van der Waals surface area contributed by atoms with Crippen molar-refractivity contribution in [1.29, 1.82) is 0 Å². The third-order valence-corrected chi connectivity index (χ3v) is 3.97. The summed E-state index contributed by atoms with van der Waals surface area (Å²) >= 11 is 0. The fourth-order valence-corrected chi connectivity index (χ4v) is 2.97. The summed E-state index contributed by atoms with van der Waals surface area (Å²) in [5, 5.41) is 4.82. The maximum atomic E-state index is 5.62. The van der Waals surface area contributed by atoms with Crippen molar-refractivity contribution < 1.29 is 0 Å². The van der Waals surface area contributed by atoms with Crippen LogP contribution in [0.25, 0.3) is 10.9 Å². The summed E-state index contributed by atoms with van der Waals surface area (Å²) in [5.74, 6) is 0. The molecule has 3 N–H and O–H groups in total. The van der Waals surface area contributed by atoms with Crippen LogP contribution in [0.3, 0.4) is 0 Å². The van der Waals surface area contributed by atoms with E-state index >= 15 is 0 Å². The molecule has 0 bridgehead atoms. The van der Waals surface area contributed by atoms with E-state index in [9.17, 15) is 0 Å². The van der Waals surface area contributed by atoms with E-state index in [1.165, 1.54) is 11.1 Å². The van der Waals surface area contributed by atoms with Gasteiger partial charge in [-0.2, -0.15) is 0 Å². The standard InChI is InChI=1S/C16H22N4/c1-2-15-19-14-11-18-13-8-4-3-7-12(13)16(14)20(15)10-6-5-9-17/h3-4,7-8,11,15,19H,2,5-6,9-10,17H2,1H3. The summed E-state index contributed by atoms with van der Waals surface area (Å²) in [6, 6.07) is 8.37. The third-order valence-electron chi connectivity index (χ3n) is 3.97. The highest BCUT2D eigenvalue weighted by Gasteiger charge is 2.28. The number of nitrogens with zero attached hydrogens (tertiary/aromatic N) is 2. The van der Waals surface area contributed by atoms with Crippen LogP contribution < -0.4 is 16.0 Å². The second kappa shape index (κ2) is 5.67. The third kappa shape index (κ3) is 2.20. The van der Waals surface area contributed by atoms with Crippen molar-refractivity contribution in [2.45, 2.75) is 32.4 Å². The monoisotopic (exact) mass is 270 g/mol. The summed E-state index contributed by atoms with van der Waals surface area (Å²) in [6.07, 6.45) is 5.61. The molecule has 4 heteroatoms. The Morgan fingerprint density at radius 3 is 2.95 bits per heavy atom. The fourth-order valence-electron chi connectivity index (χ4n) is 2.97. The summed E-state index contributed by atoms with van der Waals surface area (Å²) in [5.41, 5.74) is 9.15. The minimum atomic E-state index is 0.371. The van der Waals surface area contributed by atoms with Gasteiger partial charge in [-0.3, -0.25) is 4.98 Å². The van der Waals surface area contributed by atoms with Crippen molar-refractivity contribution in [1.82, 2.24) is 4.98 Å². The molecule has 0 radical (unpaired) electrons. The molecule has 4 nitrogen and oxygen atoms in total. The number of aromatic nitrogens is 1. The second-order valence-electron chi connectivity index (χ2n) is 5.30. The average Bonchev–Trinajstić information content (AvgIpc) is 2.86. The molecule has 1 unspecified atom stereocenters. The Labute approximate surface area is 120 Å². The van der Waals surface area contributed by atoms with Gasteiger partial charge in [-0.25, -0.2) is 0 Å². The molecule has 0 saturated heterocycles. The Morgan fingerprint density at radius 1 is 1.30 bits per heavy atom. The molecule has 0 fully saturated rings. The van der Waals surface area contributed by atoms with Crippen molar-refractivity contribution >= 4 is 22.3 Å². The van der Waals surface area contributed by atoms with Crippen molar-refractivity contribution in [2.24, 2.45) is 5.73 Å². The van der Waals surface area contributed by atoms with Crippen molar-refractivity contribution in [3.05, 3.63) is 30.5 Å². The first-order valence-corrected chi connectivity index (χ1v) is 7.46. The van der Waals surface area contributed by atoms with Crippen LogP contribution in [0.4, 0.5) is 11.4 Å². The molecule has 0 saturated carbocycles. The predicted molar refractivity (Wildman–Crippen MR) is 85.1 cm³/mol. The van der Waals surface area contributed by atoms with E-state index in [0.29, 0.717) is 6.17 Å². The van der Waals surface area contributed by atoms with Crippen LogP contribution in [-0.4, -0.2) is 24.2 Å². The molecule has 2 heterocycles. The van der Waals surface area contributed by atoms with E-state index in [2.05, 4.69) is 40.3 Å². The minimum Gasteiger partial charge on any atom is -0.362 e. The van der Waals surface area contributed by atoms with Crippen LogP contribution in [0.5, 0.6) is 0 Å². The van der Waals surface area contributed by atoms with Gasteiger partial charge in [0, 0.05) is 11.9 Å². The number of hydrogen-bond acceptors (Lipinski definition) is 4. The zero-order valence-corrected chi connectivity index (χ0v) is 12.0. The van der Waals surface area contributed by atoms with Gasteiger partial charge in [0.2, 0.25) is 0 Å². The van der Waals surface area contributed by atoms with E-state index in [0.717, 1.165) is 43.6 Å². The van der Waals surface area contributed by atoms with Gasteiger partial charge in [0.15, 0.2) is 0 Å². The lowest BCUT2D eigenvalue weighted by Gasteiger charge is -2.26. The predicted octanol–water partition coefficient (Wildman–Crippen LogP) is 2.94. The summed E-state index contributed by atoms with van der Waals surface area (Å²) in [6.45, 7) is 4.03. The number of hydrogen-bond donors (Lipinski definition) is 2. The van der Waals surface area contributed by atoms with E-state index in [1.807, 2.05) is 12.3 Å². The van der Waals surface area contributed by atoms with Gasteiger partial charge in [-0.05, 0) is 31.9 Å². The SMILES string of the molecule is CCC1Nc2cnc3ccccc3c2N1CCCCN. The molecule has 0 spiro atoms. The molecular weight excluding hydrogens is 248 g/mol. The normalized spacial score (nSPS) is 17.3. The summed E-state index contributed by atoms with van der Waals surface area (Å²) in [4.78, 5) is 7.02. The fraction of sp³-hybridized carbons (Fsp3) is 0.438. The highest BCUT2D eigenvalue weighted by molar-refractivity contribution is 6.00. The highest BCUT2D eigenvalue weighted by atomic mass is 15.3. The average molecular weight is 270 g/mol. The van der Waals surface area contributed by atoms with Crippen LogP contribution >= 0.6 is 0 Å². The van der Waals surface area contributed by atoms with Gasteiger partial charge < -0.3 is 16.0 Å². The molecule has 0 amide bonds. The molecule has 106 valence electrons. The van der Waals surface area contributed by atoms with Crippen LogP contribution in [-0.2, 0) is 0 Å². The molecule has 20 heavy (non-hydrogen) atoms. The first-order chi connectivity index (χ1) is 9.85. The summed E-state index contributed by atoms with van der Waals surface area (Å²) < 4.78 is 0. The van der Waals surface area contributed by atoms with Crippen LogP contribution in [0.2, 0.25) is 0 Å². The number of nitrogens with two attached hydrogens (primary N) is 1. The van der Waals surface area contributed by atoms with Gasteiger partial charge in [0.25, 0.3) is 0 Å². The number of anilines is 2. The second-order valence-corrected chi connectivity index (χ2v) is 5.30. The Morgan fingerprint density at radius 2 is 2.15 bits per heavy atom. The smallest absolute Gasteiger partial charge is 0.0989 e. The lowest BCUT2D eigenvalue weighted by molar-refractivity contribution is 0.619. The lowest BCUT2D eigenvalue weighted by Crippen LogP contribution is -2.36. The van der Waals surface area contributed by atoms with Crippen LogP contribution in [0, 0.1) is 0 Å². The molecule has 1 aliphatic heterocycles. The maximum absolute atomic E-state index is 5.62. The Kier molecular flexibility index (Phi) is 3.74. The van der Waals surface area contributed by atoms with Crippen LogP contribution in [0.15, 0.2) is 30.5 Å². The number of fused-ring (bicyclic) bond motifs is 3. The number of pyridine rings is 1. The van der Waals surface area contributed by atoms with E-state index < -0.39 is 0 Å². The topological polar surface area (TPSA) is 54.2 Å². The first-order valence-electron chi connectivity index (χ1n) is 7.46. The van der Waals surface area contributed by atoms with Crippen LogP contribution in [0.1, 0.15) is 26.2 Å². The Bertz CT molecular complexity index is 596. The maximum Gasteiger partial charge on any atom is 0.0989 e. The van der Waals surface area contributed by atoms with Crippen molar-refractivity contribution in [3.63, 3.8) is 0 Å². The van der Waals surface area contributed by atoms with Crippen molar-refractivity contribution in [3.8, 4) is 0 Å². The van der Waals surface area contributed by atoms with E-state index in [-0.39, 0.29) is 0 Å². The molecule has 0 aliphatic carbocycles. The number of benzene rings is 1. The van der Waals surface area contributed by atoms with Gasteiger partial charge >= 0.3 is 0 Å². The number of nitrogens with one attached hydrogen (secondary N) is 1. The van der Waals surface area contributed by atoms with Crippen molar-refractivity contribution in [2.75, 3.05) is 23.3 Å². The number of para-hydroxylation sites is 1. The number of unbranched alkanes of at least 4 members (excludes halogenated alkanes) is 1. The van der Waals surface area contributed by atoms with Gasteiger partial charge in [0.1, 0.15) is 0 Å². The quantitative estimate of drug-likeness (QED) is 0.820. The zero-order valence-electron chi connectivity index (χ0n) is 12.0. The highest BCUT2D eigenvalue weighted by Crippen LogP contribution is 2.40. The first kappa shape index (κ1) is 13.2.